The molecule has 8 heteroatoms. The topological polar surface area (TPSA) is 89.0 Å². The highest BCUT2D eigenvalue weighted by Crippen LogP contribution is 2.35. The molecule has 1 aliphatic rings. The van der Waals surface area contributed by atoms with Crippen molar-refractivity contribution in [3.63, 3.8) is 0 Å². The number of carbonyl (C=O) groups excluding carboxylic acids is 1. The van der Waals surface area contributed by atoms with Crippen LogP contribution in [0.4, 0.5) is 11.4 Å². The summed E-state index contributed by atoms with van der Waals surface area (Å²) in [5.74, 6) is 0.409. The van der Waals surface area contributed by atoms with Crippen molar-refractivity contribution in [2.45, 2.75) is 20.8 Å². The molecule has 0 spiro atoms. The third-order valence-corrected chi connectivity index (χ3v) is 5.45. The number of hydrogen-bond donors (Lipinski definition) is 0. The predicted molar refractivity (Wildman–Crippen MR) is 120 cm³/mol. The molecule has 0 atom stereocenters. The molecule has 0 radical (unpaired) electrons. The van der Waals surface area contributed by atoms with Crippen molar-refractivity contribution in [2.24, 2.45) is 5.10 Å². The number of para-hydroxylation sites is 1. The second-order valence-electron chi connectivity index (χ2n) is 7.22. The van der Waals surface area contributed by atoms with Gasteiger partial charge in [-0.25, -0.2) is 0 Å². The van der Waals surface area contributed by atoms with Gasteiger partial charge in [0, 0.05) is 6.07 Å². The maximum Gasteiger partial charge on any atom is 0.280 e. The summed E-state index contributed by atoms with van der Waals surface area (Å²) in [6.07, 6.45) is 1.58. The first-order valence-electron chi connectivity index (χ1n) is 9.48. The molecule has 1 aliphatic heterocycles. The lowest BCUT2D eigenvalue weighted by Gasteiger charge is -2.12. The number of anilines is 1. The van der Waals surface area contributed by atoms with Crippen LogP contribution in [0.2, 0.25) is 5.02 Å². The molecular weight excluding hydrogens is 418 g/mol. The summed E-state index contributed by atoms with van der Waals surface area (Å²) in [4.78, 5) is 24.0. The zero-order valence-corrected chi connectivity index (χ0v) is 17.8. The molecule has 4 rings (SSSR count). The summed E-state index contributed by atoms with van der Waals surface area (Å²) in [5, 5.41) is 17.5. The molecule has 31 heavy (non-hydrogen) atoms. The Morgan fingerprint density at radius 2 is 1.81 bits per heavy atom. The van der Waals surface area contributed by atoms with Gasteiger partial charge in [0.05, 0.1) is 32.5 Å². The monoisotopic (exact) mass is 435 g/mol. The highest BCUT2D eigenvalue weighted by atomic mass is 35.5. The Bertz CT molecular complexity index is 1290. The molecule has 0 bridgehead atoms. The van der Waals surface area contributed by atoms with E-state index < -0.39 is 4.92 Å². The van der Waals surface area contributed by atoms with Gasteiger partial charge in [0.2, 0.25) is 0 Å². The van der Waals surface area contributed by atoms with Gasteiger partial charge in [-0.15, -0.1) is 0 Å². The molecule has 0 unspecified atom stereocenters. The van der Waals surface area contributed by atoms with E-state index in [2.05, 4.69) is 5.10 Å². The van der Waals surface area contributed by atoms with E-state index in [4.69, 9.17) is 16.0 Å². The van der Waals surface area contributed by atoms with Crippen molar-refractivity contribution in [2.75, 3.05) is 5.01 Å². The number of aryl methyl sites for hydroxylation is 2. The zero-order valence-electron chi connectivity index (χ0n) is 17.0. The number of hydrogen-bond acceptors (Lipinski definition) is 5. The maximum absolute atomic E-state index is 12.9. The van der Waals surface area contributed by atoms with Crippen LogP contribution in [-0.2, 0) is 4.79 Å². The third kappa shape index (κ3) is 3.75. The van der Waals surface area contributed by atoms with E-state index in [1.165, 1.54) is 11.1 Å². The van der Waals surface area contributed by atoms with Crippen LogP contribution in [0.3, 0.4) is 0 Å². The Morgan fingerprint density at radius 3 is 2.52 bits per heavy atom. The molecule has 2 aromatic carbocycles. The molecule has 0 saturated heterocycles. The summed E-state index contributed by atoms with van der Waals surface area (Å²) in [6.45, 7) is 5.43. The lowest BCUT2D eigenvalue weighted by molar-refractivity contribution is -0.384. The Labute approximate surface area is 183 Å². The second kappa shape index (κ2) is 7.85. The SMILES string of the molecule is CC1=NN(c2ccccc2Cl)C(=O)/C1=C\c1ccc(-c2cc(C)c(C)cc2[N+](=O)[O-])o1. The average Bonchev–Trinajstić information content (AvgIpc) is 3.30. The summed E-state index contributed by atoms with van der Waals surface area (Å²) in [7, 11) is 0. The van der Waals surface area contributed by atoms with Crippen LogP contribution in [0, 0.1) is 24.0 Å². The number of halogens is 1. The van der Waals surface area contributed by atoms with E-state index in [-0.39, 0.29) is 11.6 Å². The number of amides is 1. The molecule has 7 nitrogen and oxygen atoms in total. The molecule has 0 fully saturated rings. The normalized spacial score (nSPS) is 15.0. The Kier molecular flexibility index (Phi) is 5.20. The lowest BCUT2D eigenvalue weighted by Crippen LogP contribution is -2.21. The Morgan fingerprint density at radius 1 is 1.10 bits per heavy atom. The van der Waals surface area contributed by atoms with E-state index in [9.17, 15) is 14.9 Å². The molecular formula is C23H18ClN3O4. The summed E-state index contributed by atoms with van der Waals surface area (Å²) in [6, 6.07) is 13.5. The summed E-state index contributed by atoms with van der Waals surface area (Å²) in [5.41, 5.74) is 3.46. The molecule has 2 heterocycles. The Balaban J connectivity index is 1.69. The number of carbonyl (C=O) groups is 1. The van der Waals surface area contributed by atoms with Crippen LogP contribution in [-0.4, -0.2) is 16.5 Å². The third-order valence-electron chi connectivity index (χ3n) is 5.13. The first-order valence-corrected chi connectivity index (χ1v) is 9.86. The van der Waals surface area contributed by atoms with Gasteiger partial charge in [-0.1, -0.05) is 23.7 Å². The summed E-state index contributed by atoms with van der Waals surface area (Å²) >= 11 is 6.20. The van der Waals surface area contributed by atoms with Crippen LogP contribution in [0.25, 0.3) is 17.4 Å². The van der Waals surface area contributed by atoms with E-state index in [1.807, 2.05) is 13.8 Å². The minimum atomic E-state index is -0.429. The van der Waals surface area contributed by atoms with Crippen molar-refractivity contribution in [1.82, 2.24) is 0 Å². The number of nitro groups is 1. The van der Waals surface area contributed by atoms with Crippen LogP contribution < -0.4 is 5.01 Å². The molecule has 0 aliphatic carbocycles. The minimum absolute atomic E-state index is 0.0313. The van der Waals surface area contributed by atoms with E-state index in [0.717, 1.165) is 11.1 Å². The fourth-order valence-electron chi connectivity index (χ4n) is 3.34. The number of furan rings is 1. The average molecular weight is 436 g/mol. The standard InChI is InChI=1S/C23H18ClN3O4/c1-13-10-18(21(27(29)30)11-14(13)2)22-9-8-16(31-22)12-17-15(3)25-26(23(17)28)20-7-5-4-6-19(20)24/h4-12H,1-3H3/b17-12-. The van der Waals surface area contributed by atoms with Crippen LogP contribution >= 0.6 is 11.6 Å². The smallest absolute Gasteiger partial charge is 0.280 e. The number of nitro benzene ring substituents is 1. The zero-order chi connectivity index (χ0) is 22.3. The van der Waals surface area contributed by atoms with Crippen molar-refractivity contribution in [3.8, 4) is 11.3 Å². The number of nitrogens with zero attached hydrogens (tertiary/aromatic N) is 3. The first-order chi connectivity index (χ1) is 14.8. The maximum atomic E-state index is 12.9. The minimum Gasteiger partial charge on any atom is -0.456 e. The molecule has 0 N–H and O–H groups in total. The largest absolute Gasteiger partial charge is 0.456 e. The van der Waals surface area contributed by atoms with Gasteiger partial charge in [0.1, 0.15) is 11.5 Å². The molecule has 1 amide bonds. The quantitative estimate of drug-likeness (QED) is 0.288. The predicted octanol–water partition coefficient (Wildman–Crippen LogP) is 5.93. The second-order valence-corrected chi connectivity index (χ2v) is 7.63. The van der Waals surface area contributed by atoms with Gasteiger partial charge in [0.25, 0.3) is 11.6 Å². The lowest BCUT2D eigenvalue weighted by atomic mass is 10.0. The van der Waals surface area contributed by atoms with Crippen molar-refractivity contribution < 1.29 is 14.1 Å². The molecule has 1 aromatic heterocycles. The van der Waals surface area contributed by atoms with E-state index in [1.54, 1.807) is 55.5 Å². The van der Waals surface area contributed by atoms with Crippen molar-refractivity contribution >= 4 is 40.7 Å². The number of hydrazone groups is 1. The molecule has 3 aromatic rings. The van der Waals surface area contributed by atoms with E-state index >= 15 is 0 Å². The van der Waals surface area contributed by atoms with Crippen molar-refractivity contribution in [1.29, 1.82) is 0 Å². The fourth-order valence-corrected chi connectivity index (χ4v) is 3.55. The fraction of sp³-hybridized carbons (Fsp3) is 0.130. The van der Waals surface area contributed by atoms with Crippen LogP contribution in [0.1, 0.15) is 23.8 Å². The van der Waals surface area contributed by atoms with Gasteiger partial charge in [-0.3, -0.25) is 14.9 Å². The van der Waals surface area contributed by atoms with Crippen molar-refractivity contribution in [3.05, 3.63) is 86.1 Å². The molecule has 0 saturated carbocycles. The van der Waals surface area contributed by atoms with Crippen LogP contribution in [0.5, 0.6) is 0 Å². The molecule has 156 valence electrons. The highest BCUT2D eigenvalue weighted by Gasteiger charge is 2.30. The van der Waals surface area contributed by atoms with Crippen LogP contribution in [0.15, 0.2) is 63.6 Å². The van der Waals surface area contributed by atoms with Gasteiger partial charge in [-0.05, 0) is 68.3 Å². The van der Waals surface area contributed by atoms with Gasteiger partial charge >= 0.3 is 0 Å². The van der Waals surface area contributed by atoms with Gasteiger partial charge < -0.3 is 4.42 Å². The van der Waals surface area contributed by atoms with Gasteiger partial charge in [-0.2, -0.15) is 10.1 Å². The number of benzene rings is 2. The Hall–Kier alpha value is -3.71. The van der Waals surface area contributed by atoms with Gasteiger partial charge in [0.15, 0.2) is 0 Å². The first kappa shape index (κ1) is 20.6. The highest BCUT2D eigenvalue weighted by molar-refractivity contribution is 6.37. The number of rotatable bonds is 4. The van der Waals surface area contributed by atoms with E-state index in [0.29, 0.717) is 39.1 Å². The summed E-state index contributed by atoms with van der Waals surface area (Å²) < 4.78 is 5.85.